The van der Waals surface area contributed by atoms with E-state index in [1.54, 1.807) is 11.8 Å². The highest BCUT2D eigenvalue weighted by molar-refractivity contribution is 5.84. The van der Waals surface area contributed by atoms with Crippen LogP contribution in [0.5, 0.6) is 0 Å². The fourth-order valence-electron chi connectivity index (χ4n) is 2.62. The minimum Gasteiger partial charge on any atom is -0.464 e. The average molecular weight is 241 g/mol. The summed E-state index contributed by atoms with van der Waals surface area (Å²) < 4.78 is 9.97. The monoisotopic (exact) mass is 241 g/mol. The molecule has 0 N–H and O–H groups in total. The first-order valence-corrected chi connectivity index (χ1v) is 6.35. The van der Waals surface area contributed by atoms with E-state index in [4.69, 9.17) is 9.47 Å². The first-order valence-electron chi connectivity index (χ1n) is 6.35. The Kier molecular flexibility index (Phi) is 3.86. The summed E-state index contributed by atoms with van der Waals surface area (Å²) in [6, 6.07) is -0.390. The summed E-state index contributed by atoms with van der Waals surface area (Å²) in [6.45, 7) is 2.23. The quantitative estimate of drug-likeness (QED) is 0.706. The molecule has 1 saturated heterocycles. The third-order valence-electron chi connectivity index (χ3n) is 3.44. The molecule has 5 heteroatoms. The summed E-state index contributed by atoms with van der Waals surface area (Å²) in [4.78, 5) is 25.0. The van der Waals surface area contributed by atoms with Crippen LogP contribution >= 0.6 is 0 Å². The lowest BCUT2D eigenvalue weighted by Crippen LogP contribution is -2.47. The predicted octanol–water partition coefficient (Wildman–Crippen LogP) is 1.70. The number of hydrogen-bond donors (Lipinski definition) is 0. The fourth-order valence-corrected chi connectivity index (χ4v) is 2.62. The van der Waals surface area contributed by atoms with Crippen molar-refractivity contribution in [1.82, 2.24) is 4.90 Å². The Balaban J connectivity index is 2.05. The van der Waals surface area contributed by atoms with Crippen molar-refractivity contribution < 1.29 is 19.1 Å². The van der Waals surface area contributed by atoms with Gasteiger partial charge in [-0.3, -0.25) is 4.90 Å². The van der Waals surface area contributed by atoms with Crippen molar-refractivity contribution in [2.24, 2.45) is 0 Å². The van der Waals surface area contributed by atoms with Gasteiger partial charge in [-0.15, -0.1) is 0 Å². The van der Waals surface area contributed by atoms with Gasteiger partial charge in [-0.1, -0.05) is 19.3 Å². The third kappa shape index (κ3) is 2.53. The van der Waals surface area contributed by atoms with Gasteiger partial charge < -0.3 is 9.47 Å². The van der Waals surface area contributed by atoms with Crippen molar-refractivity contribution >= 4 is 12.1 Å². The molecular weight excluding hydrogens is 222 g/mol. The minimum absolute atomic E-state index is 0.133. The van der Waals surface area contributed by atoms with Crippen LogP contribution in [0.15, 0.2) is 0 Å². The maximum Gasteiger partial charge on any atom is 0.410 e. The van der Waals surface area contributed by atoms with Crippen LogP contribution in [0.4, 0.5) is 4.79 Å². The Morgan fingerprint density at radius 1 is 1.41 bits per heavy atom. The van der Waals surface area contributed by atoms with Gasteiger partial charge >= 0.3 is 12.1 Å². The van der Waals surface area contributed by atoms with Crippen LogP contribution in [0.1, 0.15) is 39.0 Å². The number of nitrogens with zero attached hydrogens (tertiary/aromatic N) is 1. The molecule has 1 saturated carbocycles. The number of cyclic esters (lactones) is 1. The van der Waals surface area contributed by atoms with Crippen LogP contribution in [0.2, 0.25) is 0 Å². The van der Waals surface area contributed by atoms with Gasteiger partial charge in [0.15, 0.2) is 6.04 Å². The third-order valence-corrected chi connectivity index (χ3v) is 3.44. The zero-order valence-corrected chi connectivity index (χ0v) is 10.2. The van der Waals surface area contributed by atoms with Gasteiger partial charge in [0.25, 0.3) is 0 Å². The molecule has 2 rings (SSSR count). The minimum atomic E-state index is -0.537. The number of amides is 1. The highest BCUT2D eigenvalue weighted by Crippen LogP contribution is 2.28. The summed E-state index contributed by atoms with van der Waals surface area (Å²) in [5.41, 5.74) is 0. The van der Waals surface area contributed by atoms with E-state index in [9.17, 15) is 9.59 Å². The SMILES string of the molecule is CCOC(=O)[C@H]1COC(=O)N1C1CCCCC1. The molecule has 1 aliphatic heterocycles. The summed E-state index contributed by atoms with van der Waals surface area (Å²) in [7, 11) is 0. The average Bonchev–Trinajstić information content (AvgIpc) is 2.73. The molecule has 17 heavy (non-hydrogen) atoms. The Bertz CT molecular complexity index is 299. The molecule has 0 aromatic heterocycles. The zero-order valence-electron chi connectivity index (χ0n) is 10.2. The highest BCUT2D eigenvalue weighted by atomic mass is 16.6. The van der Waals surface area contributed by atoms with Crippen molar-refractivity contribution in [3.63, 3.8) is 0 Å². The van der Waals surface area contributed by atoms with Gasteiger partial charge in [-0.25, -0.2) is 9.59 Å². The molecule has 2 fully saturated rings. The topological polar surface area (TPSA) is 55.8 Å². The Morgan fingerprint density at radius 2 is 2.12 bits per heavy atom. The maximum absolute atomic E-state index is 11.7. The van der Waals surface area contributed by atoms with Crippen LogP contribution in [-0.2, 0) is 14.3 Å². The van der Waals surface area contributed by atoms with Crippen LogP contribution in [0.25, 0.3) is 0 Å². The summed E-state index contributed by atoms with van der Waals surface area (Å²) in [5, 5.41) is 0. The molecule has 0 radical (unpaired) electrons. The number of esters is 1. The number of ether oxygens (including phenoxy) is 2. The molecule has 1 heterocycles. The van der Waals surface area contributed by atoms with E-state index in [0.717, 1.165) is 25.7 Å². The molecule has 0 aromatic carbocycles. The maximum atomic E-state index is 11.7. The van der Waals surface area contributed by atoms with E-state index in [0.29, 0.717) is 6.61 Å². The molecule has 1 atom stereocenters. The number of carbonyl (C=O) groups excluding carboxylic acids is 2. The lowest BCUT2D eigenvalue weighted by molar-refractivity contribution is -0.148. The summed E-state index contributed by atoms with van der Waals surface area (Å²) in [6.07, 6.45) is 5.00. The Labute approximate surface area is 101 Å². The Morgan fingerprint density at radius 3 is 2.76 bits per heavy atom. The molecule has 1 amide bonds. The van der Waals surface area contributed by atoms with Crippen molar-refractivity contribution in [3.05, 3.63) is 0 Å². The van der Waals surface area contributed by atoms with E-state index in [-0.39, 0.29) is 24.7 Å². The van der Waals surface area contributed by atoms with Crippen molar-refractivity contribution in [1.29, 1.82) is 0 Å². The lowest BCUT2D eigenvalue weighted by Gasteiger charge is -2.32. The van der Waals surface area contributed by atoms with E-state index in [1.807, 2.05) is 0 Å². The molecule has 0 unspecified atom stereocenters. The zero-order chi connectivity index (χ0) is 12.3. The molecule has 2 aliphatic rings. The van der Waals surface area contributed by atoms with Crippen LogP contribution < -0.4 is 0 Å². The molecule has 0 bridgehead atoms. The number of rotatable bonds is 3. The second-order valence-electron chi connectivity index (χ2n) is 4.54. The summed E-state index contributed by atoms with van der Waals surface area (Å²) in [5.74, 6) is -0.344. The van der Waals surface area contributed by atoms with Gasteiger partial charge in [0.1, 0.15) is 6.61 Å². The van der Waals surface area contributed by atoms with E-state index >= 15 is 0 Å². The second-order valence-corrected chi connectivity index (χ2v) is 4.54. The highest BCUT2D eigenvalue weighted by Gasteiger charge is 2.43. The molecule has 0 aromatic rings. The largest absolute Gasteiger partial charge is 0.464 e. The molecule has 96 valence electrons. The van der Waals surface area contributed by atoms with Crippen molar-refractivity contribution in [2.45, 2.75) is 51.1 Å². The summed E-state index contributed by atoms with van der Waals surface area (Å²) >= 11 is 0. The Hall–Kier alpha value is -1.26. The fraction of sp³-hybridized carbons (Fsp3) is 0.833. The van der Waals surface area contributed by atoms with Gasteiger partial charge in [0, 0.05) is 6.04 Å². The van der Waals surface area contributed by atoms with Gasteiger partial charge in [-0.05, 0) is 19.8 Å². The second kappa shape index (κ2) is 5.38. The smallest absolute Gasteiger partial charge is 0.410 e. The molecule has 5 nitrogen and oxygen atoms in total. The number of hydrogen-bond acceptors (Lipinski definition) is 4. The normalized spacial score (nSPS) is 25.8. The first-order chi connectivity index (χ1) is 8.24. The van der Waals surface area contributed by atoms with Gasteiger partial charge in [0.2, 0.25) is 0 Å². The predicted molar refractivity (Wildman–Crippen MR) is 60.5 cm³/mol. The van der Waals surface area contributed by atoms with Crippen LogP contribution in [0.3, 0.4) is 0 Å². The van der Waals surface area contributed by atoms with Crippen molar-refractivity contribution in [2.75, 3.05) is 13.2 Å². The lowest BCUT2D eigenvalue weighted by atomic mass is 9.93. The van der Waals surface area contributed by atoms with E-state index in [2.05, 4.69) is 0 Å². The van der Waals surface area contributed by atoms with Crippen molar-refractivity contribution in [3.8, 4) is 0 Å². The van der Waals surface area contributed by atoms with E-state index < -0.39 is 6.04 Å². The van der Waals surface area contributed by atoms with Crippen LogP contribution in [0, 0.1) is 0 Å². The molecular formula is C12H19NO4. The van der Waals surface area contributed by atoms with Gasteiger partial charge in [0.05, 0.1) is 6.61 Å². The molecule has 0 spiro atoms. The van der Waals surface area contributed by atoms with Crippen LogP contribution in [-0.4, -0.2) is 42.3 Å². The first kappa shape index (κ1) is 12.2. The molecule has 1 aliphatic carbocycles. The number of carbonyl (C=O) groups is 2. The standard InChI is InChI=1S/C12H19NO4/c1-2-16-11(14)10-8-17-12(15)13(10)9-6-4-3-5-7-9/h9-10H,2-8H2,1H3/t10-/m1/s1. The van der Waals surface area contributed by atoms with Gasteiger partial charge in [-0.2, -0.15) is 0 Å². The van der Waals surface area contributed by atoms with E-state index in [1.165, 1.54) is 6.42 Å².